The molecule has 2 saturated heterocycles. The molecule has 2 aliphatic heterocycles. The molecule has 0 aromatic carbocycles. The number of rotatable bonds is 5. The summed E-state index contributed by atoms with van der Waals surface area (Å²) in [5.74, 6) is 0.700. The largest absolute Gasteiger partial charge is 0.342 e. The zero-order valence-corrected chi connectivity index (χ0v) is 10.7. The Balaban J connectivity index is 1.64. The number of carbonyl (C=O) groups excluding carboxylic acids is 1. The van der Waals surface area contributed by atoms with Gasteiger partial charge in [-0.15, -0.1) is 6.58 Å². The van der Waals surface area contributed by atoms with E-state index in [1.165, 1.54) is 32.4 Å². The zero-order valence-electron chi connectivity index (χ0n) is 10.7. The molecule has 0 saturated carbocycles. The van der Waals surface area contributed by atoms with E-state index >= 15 is 0 Å². The molecule has 0 aromatic rings. The highest BCUT2D eigenvalue weighted by molar-refractivity contribution is 5.78. The molecule has 1 atom stereocenters. The van der Waals surface area contributed by atoms with Crippen molar-refractivity contribution in [3.63, 3.8) is 0 Å². The van der Waals surface area contributed by atoms with Crippen molar-refractivity contribution in [3.8, 4) is 0 Å². The molecule has 2 fully saturated rings. The topological polar surface area (TPSA) is 23.6 Å². The molecule has 2 aliphatic rings. The van der Waals surface area contributed by atoms with Crippen molar-refractivity contribution in [3.05, 3.63) is 12.7 Å². The van der Waals surface area contributed by atoms with Gasteiger partial charge < -0.3 is 9.80 Å². The van der Waals surface area contributed by atoms with Crippen LogP contribution < -0.4 is 0 Å². The van der Waals surface area contributed by atoms with E-state index in [0.29, 0.717) is 18.2 Å². The Hall–Kier alpha value is -0.830. The SMILES string of the molecule is C=CC1CC(=O)N(CCCN2CCCCC2)C1. The molecule has 2 heterocycles. The van der Waals surface area contributed by atoms with Crippen LogP contribution in [0.5, 0.6) is 0 Å². The van der Waals surface area contributed by atoms with Crippen molar-refractivity contribution >= 4 is 5.91 Å². The second kappa shape index (κ2) is 6.20. The molecule has 0 aliphatic carbocycles. The van der Waals surface area contributed by atoms with E-state index in [4.69, 9.17) is 0 Å². The van der Waals surface area contributed by atoms with Crippen LogP contribution in [0.15, 0.2) is 12.7 Å². The minimum absolute atomic E-state index is 0.313. The summed E-state index contributed by atoms with van der Waals surface area (Å²) in [5.41, 5.74) is 0. The average molecular weight is 236 g/mol. The van der Waals surface area contributed by atoms with Crippen LogP contribution in [0.4, 0.5) is 0 Å². The Morgan fingerprint density at radius 3 is 2.65 bits per heavy atom. The Labute approximate surface area is 104 Å². The van der Waals surface area contributed by atoms with Gasteiger partial charge in [-0.3, -0.25) is 4.79 Å². The van der Waals surface area contributed by atoms with E-state index in [2.05, 4.69) is 11.5 Å². The summed E-state index contributed by atoms with van der Waals surface area (Å²) in [6.07, 6.45) is 7.80. The maximum Gasteiger partial charge on any atom is 0.223 e. The fourth-order valence-corrected chi connectivity index (χ4v) is 2.84. The first kappa shape index (κ1) is 12.6. The lowest BCUT2D eigenvalue weighted by atomic mass is 10.1. The first-order valence-electron chi connectivity index (χ1n) is 6.92. The first-order chi connectivity index (χ1) is 8.29. The smallest absolute Gasteiger partial charge is 0.223 e. The zero-order chi connectivity index (χ0) is 12.1. The van der Waals surface area contributed by atoms with Gasteiger partial charge in [-0.1, -0.05) is 12.5 Å². The molecule has 0 aromatic heterocycles. The summed E-state index contributed by atoms with van der Waals surface area (Å²) in [6, 6.07) is 0. The Kier molecular flexibility index (Phi) is 4.60. The highest BCUT2D eigenvalue weighted by Gasteiger charge is 2.26. The van der Waals surface area contributed by atoms with Crippen molar-refractivity contribution in [1.82, 2.24) is 9.80 Å². The molecular formula is C14H24N2O. The maximum absolute atomic E-state index is 11.7. The van der Waals surface area contributed by atoms with Crippen LogP contribution in [0.25, 0.3) is 0 Å². The highest BCUT2D eigenvalue weighted by atomic mass is 16.2. The molecule has 96 valence electrons. The van der Waals surface area contributed by atoms with Crippen LogP contribution in [0.3, 0.4) is 0 Å². The van der Waals surface area contributed by atoms with Crippen LogP contribution in [0.1, 0.15) is 32.1 Å². The number of carbonyl (C=O) groups is 1. The molecule has 2 rings (SSSR count). The molecule has 1 unspecified atom stereocenters. The number of piperidine rings is 1. The van der Waals surface area contributed by atoms with E-state index in [9.17, 15) is 4.79 Å². The Morgan fingerprint density at radius 1 is 1.24 bits per heavy atom. The van der Waals surface area contributed by atoms with Gasteiger partial charge in [0.25, 0.3) is 0 Å². The lowest BCUT2D eigenvalue weighted by molar-refractivity contribution is -0.127. The monoisotopic (exact) mass is 236 g/mol. The van der Waals surface area contributed by atoms with E-state index in [-0.39, 0.29) is 0 Å². The predicted molar refractivity (Wildman–Crippen MR) is 69.8 cm³/mol. The second-order valence-electron chi connectivity index (χ2n) is 5.30. The van der Waals surface area contributed by atoms with E-state index in [1.807, 2.05) is 11.0 Å². The third-order valence-corrected chi connectivity index (χ3v) is 3.93. The van der Waals surface area contributed by atoms with E-state index in [0.717, 1.165) is 26.1 Å². The van der Waals surface area contributed by atoms with Crippen LogP contribution in [0.2, 0.25) is 0 Å². The molecule has 3 heteroatoms. The van der Waals surface area contributed by atoms with Crippen LogP contribution in [0, 0.1) is 5.92 Å². The van der Waals surface area contributed by atoms with Crippen LogP contribution in [-0.2, 0) is 4.79 Å². The minimum atomic E-state index is 0.313. The first-order valence-corrected chi connectivity index (χ1v) is 6.92. The van der Waals surface area contributed by atoms with Gasteiger partial charge in [0.2, 0.25) is 5.91 Å². The lowest BCUT2D eigenvalue weighted by Gasteiger charge is -2.27. The number of likely N-dealkylation sites (tertiary alicyclic amines) is 2. The Morgan fingerprint density at radius 2 is 2.00 bits per heavy atom. The van der Waals surface area contributed by atoms with Gasteiger partial charge >= 0.3 is 0 Å². The number of nitrogens with zero attached hydrogens (tertiary/aromatic N) is 2. The third kappa shape index (κ3) is 3.56. The fraction of sp³-hybridized carbons (Fsp3) is 0.786. The maximum atomic E-state index is 11.7. The van der Waals surface area contributed by atoms with Gasteiger partial charge in [0.15, 0.2) is 0 Å². The summed E-state index contributed by atoms with van der Waals surface area (Å²) in [6.45, 7) is 9.26. The van der Waals surface area contributed by atoms with Crippen molar-refractivity contribution < 1.29 is 4.79 Å². The second-order valence-corrected chi connectivity index (χ2v) is 5.30. The van der Waals surface area contributed by atoms with Crippen molar-refractivity contribution in [2.75, 3.05) is 32.7 Å². The van der Waals surface area contributed by atoms with Crippen LogP contribution in [-0.4, -0.2) is 48.4 Å². The molecule has 0 bridgehead atoms. The molecule has 1 amide bonds. The van der Waals surface area contributed by atoms with Gasteiger partial charge in [0.1, 0.15) is 0 Å². The average Bonchev–Trinajstić information content (AvgIpc) is 2.72. The molecular weight excluding hydrogens is 212 g/mol. The van der Waals surface area contributed by atoms with Crippen molar-refractivity contribution in [2.24, 2.45) is 5.92 Å². The summed E-state index contributed by atoms with van der Waals surface area (Å²) < 4.78 is 0. The van der Waals surface area contributed by atoms with Crippen molar-refractivity contribution in [1.29, 1.82) is 0 Å². The van der Waals surface area contributed by atoms with Gasteiger partial charge in [0.05, 0.1) is 0 Å². The third-order valence-electron chi connectivity index (χ3n) is 3.93. The van der Waals surface area contributed by atoms with Crippen LogP contribution >= 0.6 is 0 Å². The summed E-state index contributed by atoms with van der Waals surface area (Å²) in [4.78, 5) is 16.2. The highest BCUT2D eigenvalue weighted by Crippen LogP contribution is 2.18. The van der Waals surface area contributed by atoms with Gasteiger partial charge in [0, 0.05) is 25.4 Å². The number of hydrogen-bond acceptors (Lipinski definition) is 2. The molecule has 17 heavy (non-hydrogen) atoms. The Bertz CT molecular complexity index is 271. The summed E-state index contributed by atoms with van der Waals surface area (Å²) >= 11 is 0. The molecule has 3 nitrogen and oxygen atoms in total. The summed E-state index contributed by atoms with van der Waals surface area (Å²) in [5, 5.41) is 0. The lowest BCUT2D eigenvalue weighted by Crippen LogP contribution is -2.33. The quantitative estimate of drug-likeness (QED) is 0.681. The predicted octanol–water partition coefficient (Wildman–Crippen LogP) is 1.90. The van der Waals surface area contributed by atoms with E-state index in [1.54, 1.807) is 0 Å². The van der Waals surface area contributed by atoms with E-state index < -0.39 is 0 Å². The fourth-order valence-electron chi connectivity index (χ4n) is 2.84. The van der Waals surface area contributed by atoms with Crippen molar-refractivity contribution in [2.45, 2.75) is 32.1 Å². The van der Waals surface area contributed by atoms with Gasteiger partial charge in [-0.05, 0) is 38.9 Å². The summed E-state index contributed by atoms with van der Waals surface area (Å²) in [7, 11) is 0. The minimum Gasteiger partial charge on any atom is -0.342 e. The molecule has 0 spiro atoms. The molecule has 0 N–H and O–H groups in total. The number of hydrogen-bond donors (Lipinski definition) is 0. The molecule has 0 radical (unpaired) electrons. The number of amides is 1. The normalized spacial score (nSPS) is 26.5. The van der Waals surface area contributed by atoms with Gasteiger partial charge in [-0.2, -0.15) is 0 Å². The van der Waals surface area contributed by atoms with Gasteiger partial charge in [-0.25, -0.2) is 0 Å². The standard InChI is InChI=1S/C14H24N2O/c1-2-13-11-14(17)16(12-13)10-6-9-15-7-4-3-5-8-15/h2,13H,1,3-12H2.